The number of hydrogen-bond acceptors (Lipinski definition) is 4. The zero-order chi connectivity index (χ0) is 13.0. The van der Waals surface area contributed by atoms with E-state index in [1.165, 1.54) is 0 Å². The van der Waals surface area contributed by atoms with Crippen molar-refractivity contribution in [3.63, 3.8) is 0 Å². The van der Waals surface area contributed by atoms with Crippen LogP contribution in [0.15, 0.2) is 0 Å². The van der Waals surface area contributed by atoms with Crippen molar-refractivity contribution in [1.29, 1.82) is 0 Å². The standard InChI is InChI=1S/C10H18F2N4O/c1-3-4-16-10(8(13)6(2)15-16)14-5-7(17)9(11)12/h7,9,14,17H,3-5,13H2,1-2H3. The minimum atomic E-state index is -2.77. The summed E-state index contributed by atoms with van der Waals surface area (Å²) in [6.07, 6.45) is -3.63. The molecule has 0 radical (unpaired) electrons. The number of nitrogens with zero attached hydrogens (tertiary/aromatic N) is 2. The lowest BCUT2D eigenvalue weighted by Gasteiger charge is -2.13. The van der Waals surface area contributed by atoms with Crippen LogP contribution in [-0.4, -0.2) is 34.0 Å². The highest BCUT2D eigenvalue weighted by molar-refractivity contribution is 5.64. The summed E-state index contributed by atoms with van der Waals surface area (Å²) in [6, 6.07) is 0. The second kappa shape index (κ2) is 5.81. The highest BCUT2D eigenvalue weighted by Crippen LogP contribution is 2.22. The lowest BCUT2D eigenvalue weighted by atomic mass is 10.3. The van der Waals surface area contributed by atoms with Crippen molar-refractivity contribution >= 4 is 11.5 Å². The quantitative estimate of drug-likeness (QED) is 0.707. The Bertz CT molecular complexity index is 367. The third kappa shape index (κ3) is 3.29. The normalized spacial score (nSPS) is 13.1. The van der Waals surface area contributed by atoms with E-state index < -0.39 is 12.5 Å². The average molecular weight is 248 g/mol. The highest BCUT2D eigenvalue weighted by atomic mass is 19.3. The molecule has 0 aliphatic heterocycles. The van der Waals surface area contributed by atoms with Crippen LogP contribution in [0.3, 0.4) is 0 Å². The van der Waals surface area contributed by atoms with Crippen molar-refractivity contribution in [2.24, 2.45) is 0 Å². The topological polar surface area (TPSA) is 76.1 Å². The fourth-order valence-electron chi connectivity index (χ4n) is 1.45. The van der Waals surface area contributed by atoms with Gasteiger partial charge in [0.05, 0.1) is 11.4 Å². The molecular weight excluding hydrogens is 230 g/mol. The number of aryl methyl sites for hydroxylation is 2. The van der Waals surface area contributed by atoms with Crippen LogP contribution < -0.4 is 11.1 Å². The van der Waals surface area contributed by atoms with Crippen molar-refractivity contribution in [2.75, 3.05) is 17.6 Å². The molecule has 1 atom stereocenters. The van der Waals surface area contributed by atoms with Crippen molar-refractivity contribution in [2.45, 2.75) is 39.3 Å². The molecule has 1 rings (SSSR count). The molecule has 1 heterocycles. The molecule has 0 fully saturated rings. The molecule has 0 aliphatic rings. The van der Waals surface area contributed by atoms with E-state index in [2.05, 4.69) is 10.4 Å². The van der Waals surface area contributed by atoms with Crippen molar-refractivity contribution < 1.29 is 13.9 Å². The number of aromatic nitrogens is 2. The van der Waals surface area contributed by atoms with Crippen molar-refractivity contribution in [3.05, 3.63) is 5.69 Å². The van der Waals surface area contributed by atoms with Gasteiger partial charge >= 0.3 is 0 Å². The molecule has 5 nitrogen and oxygen atoms in total. The van der Waals surface area contributed by atoms with Crippen molar-refractivity contribution in [1.82, 2.24) is 9.78 Å². The van der Waals surface area contributed by atoms with Gasteiger partial charge in [0.2, 0.25) is 0 Å². The van der Waals surface area contributed by atoms with Crippen LogP contribution in [0.2, 0.25) is 0 Å². The third-order valence-corrected chi connectivity index (χ3v) is 2.38. The Morgan fingerprint density at radius 3 is 2.71 bits per heavy atom. The maximum absolute atomic E-state index is 12.1. The Kier molecular flexibility index (Phi) is 4.68. The Hall–Kier alpha value is -1.37. The van der Waals surface area contributed by atoms with Crippen LogP contribution in [0.25, 0.3) is 0 Å². The van der Waals surface area contributed by atoms with E-state index in [-0.39, 0.29) is 6.54 Å². The first-order valence-electron chi connectivity index (χ1n) is 5.50. The monoisotopic (exact) mass is 248 g/mol. The van der Waals surface area contributed by atoms with E-state index in [1.54, 1.807) is 11.6 Å². The molecule has 0 saturated heterocycles. The van der Waals surface area contributed by atoms with Crippen LogP contribution in [0.4, 0.5) is 20.3 Å². The van der Waals surface area contributed by atoms with Crippen LogP contribution in [0.1, 0.15) is 19.0 Å². The Morgan fingerprint density at radius 1 is 1.53 bits per heavy atom. The van der Waals surface area contributed by atoms with Gasteiger partial charge in [-0.15, -0.1) is 0 Å². The van der Waals surface area contributed by atoms with Gasteiger partial charge in [-0.05, 0) is 13.3 Å². The number of rotatable bonds is 6. The molecule has 0 spiro atoms. The minimum absolute atomic E-state index is 0.253. The molecule has 1 unspecified atom stereocenters. The molecular formula is C10H18F2N4O. The number of anilines is 2. The first kappa shape index (κ1) is 13.7. The number of aliphatic hydroxyl groups excluding tert-OH is 1. The summed E-state index contributed by atoms with van der Waals surface area (Å²) in [4.78, 5) is 0. The Morgan fingerprint density at radius 2 is 2.18 bits per heavy atom. The number of halogens is 2. The molecule has 17 heavy (non-hydrogen) atoms. The van der Waals surface area contributed by atoms with Gasteiger partial charge in [-0.2, -0.15) is 5.10 Å². The largest absolute Gasteiger partial charge is 0.394 e. The predicted octanol–water partition coefficient (Wildman–Crippen LogP) is 1.22. The molecule has 98 valence electrons. The van der Waals surface area contributed by atoms with Gasteiger partial charge < -0.3 is 16.2 Å². The molecule has 7 heteroatoms. The van der Waals surface area contributed by atoms with E-state index in [0.29, 0.717) is 23.7 Å². The van der Waals surface area contributed by atoms with Crippen LogP contribution in [-0.2, 0) is 6.54 Å². The smallest absolute Gasteiger partial charge is 0.265 e. The Labute approximate surface area is 98.6 Å². The molecule has 1 aromatic rings. The van der Waals surface area contributed by atoms with E-state index >= 15 is 0 Å². The van der Waals surface area contributed by atoms with Gasteiger partial charge in [0, 0.05) is 13.1 Å². The maximum atomic E-state index is 12.1. The summed E-state index contributed by atoms with van der Waals surface area (Å²) in [5.74, 6) is 0.490. The molecule has 1 aromatic heterocycles. The Balaban J connectivity index is 2.75. The van der Waals surface area contributed by atoms with E-state index in [4.69, 9.17) is 10.8 Å². The zero-order valence-corrected chi connectivity index (χ0v) is 9.95. The van der Waals surface area contributed by atoms with Gasteiger partial charge in [0.25, 0.3) is 6.43 Å². The van der Waals surface area contributed by atoms with Gasteiger partial charge in [0.1, 0.15) is 11.9 Å². The first-order valence-corrected chi connectivity index (χ1v) is 5.50. The van der Waals surface area contributed by atoms with E-state index in [9.17, 15) is 8.78 Å². The number of hydrogen-bond donors (Lipinski definition) is 3. The lowest BCUT2D eigenvalue weighted by molar-refractivity contribution is 0.00377. The van der Waals surface area contributed by atoms with Gasteiger partial charge in [-0.25, -0.2) is 13.5 Å². The lowest BCUT2D eigenvalue weighted by Crippen LogP contribution is -2.27. The number of alkyl halides is 2. The van der Waals surface area contributed by atoms with E-state index in [0.717, 1.165) is 6.42 Å². The van der Waals surface area contributed by atoms with Gasteiger partial charge in [-0.3, -0.25) is 0 Å². The maximum Gasteiger partial charge on any atom is 0.265 e. The predicted molar refractivity (Wildman–Crippen MR) is 62.2 cm³/mol. The number of nitrogens with two attached hydrogens (primary N) is 1. The van der Waals surface area contributed by atoms with Crippen LogP contribution in [0.5, 0.6) is 0 Å². The minimum Gasteiger partial charge on any atom is -0.394 e. The SMILES string of the molecule is CCCn1nc(C)c(N)c1NCC(O)C(F)F. The summed E-state index contributed by atoms with van der Waals surface area (Å²) in [5.41, 5.74) is 6.86. The molecule has 0 bridgehead atoms. The molecule has 0 aliphatic carbocycles. The van der Waals surface area contributed by atoms with Crippen LogP contribution >= 0.6 is 0 Å². The second-order valence-electron chi connectivity index (χ2n) is 3.85. The fourth-order valence-corrected chi connectivity index (χ4v) is 1.45. The van der Waals surface area contributed by atoms with Crippen LogP contribution in [0, 0.1) is 6.92 Å². The van der Waals surface area contributed by atoms with Gasteiger partial charge in [-0.1, -0.05) is 6.92 Å². The number of aliphatic hydroxyl groups is 1. The number of nitrogens with one attached hydrogen (secondary N) is 1. The van der Waals surface area contributed by atoms with E-state index in [1.807, 2.05) is 6.92 Å². The molecule has 0 amide bonds. The summed E-state index contributed by atoms with van der Waals surface area (Å²) < 4.78 is 25.9. The molecule has 0 aromatic carbocycles. The fraction of sp³-hybridized carbons (Fsp3) is 0.700. The summed E-state index contributed by atoms with van der Waals surface area (Å²) >= 11 is 0. The average Bonchev–Trinajstić information content (AvgIpc) is 2.52. The summed E-state index contributed by atoms with van der Waals surface area (Å²) in [7, 11) is 0. The molecule has 0 saturated carbocycles. The third-order valence-electron chi connectivity index (χ3n) is 2.38. The first-order chi connectivity index (χ1) is 7.97. The number of nitrogen functional groups attached to an aromatic ring is 1. The zero-order valence-electron chi connectivity index (χ0n) is 9.95. The van der Waals surface area contributed by atoms with Gasteiger partial charge in [0.15, 0.2) is 0 Å². The van der Waals surface area contributed by atoms with Crippen molar-refractivity contribution in [3.8, 4) is 0 Å². The second-order valence-corrected chi connectivity index (χ2v) is 3.85. The summed E-state index contributed by atoms with van der Waals surface area (Å²) in [5, 5.41) is 15.9. The highest BCUT2D eigenvalue weighted by Gasteiger charge is 2.18. The summed E-state index contributed by atoms with van der Waals surface area (Å²) in [6.45, 7) is 4.11. The molecule has 4 N–H and O–H groups in total.